The fourth-order valence-electron chi connectivity index (χ4n) is 2.66. The van der Waals surface area contributed by atoms with Crippen molar-refractivity contribution in [3.8, 4) is 0 Å². The second-order valence-corrected chi connectivity index (χ2v) is 5.09. The van der Waals surface area contributed by atoms with E-state index in [4.69, 9.17) is 0 Å². The molecule has 1 saturated heterocycles. The molecule has 0 aromatic carbocycles. The Hall–Kier alpha value is -1.43. The molecule has 0 bridgehead atoms. The first-order chi connectivity index (χ1) is 8.57. The monoisotopic (exact) mass is 253 g/mol. The van der Waals surface area contributed by atoms with Crippen molar-refractivity contribution in [3.63, 3.8) is 0 Å². The molecule has 1 aromatic heterocycles. The first-order valence-corrected chi connectivity index (χ1v) is 6.31. The number of hydrogen-bond acceptors (Lipinski definition) is 5. The summed E-state index contributed by atoms with van der Waals surface area (Å²) in [4.78, 5) is 13.6. The van der Waals surface area contributed by atoms with Gasteiger partial charge in [-0.2, -0.15) is 0 Å². The summed E-state index contributed by atoms with van der Waals surface area (Å²) in [6.07, 6.45) is 2.33. The first kappa shape index (κ1) is 13.0. The van der Waals surface area contributed by atoms with Crippen LogP contribution in [-0.4, -0.2) is 39.4 Å². The highest BCUT2D eigenvalue weighted by Crippen LogP contribution is 2.36. The summed E-state index contributed by atoms with van der Waals surface area (Å²) in [7, 11) is 0. The van der Waals surface area contributed by atoms with Gasteiger partial charge in [-0.3, -0.25) is 9.69 Å². The van der Waals surface area contributed by atoms with E-state index < -0.39 is 11.4 Å². The smallest absolute Gasteiger partial charge is 0.310 e. The molecular formula is C12H19N3O3. The van der Waals surface area contributed by atoms with Crippen molar-refractivity contribution in [2.45, 2.75) is 39.7 Å². The number of aryl methyl sites for hydroxylation is 1. The lowest BCUT2D eigenvalue weighted by Gasteiger charge is -2.23. The second-order valence-electron chi connectivity index (χ2n) is 5.09. The van der Waals surface area contributed by atoms with E-state index in [0.29, 0.717) is 19.5 Å². The Morgan fingerprint density at radius 1 is 1.56 bits per heavy atom. The van der Waals surface area contributed by atoms with Gasteiger partial charge in [0.1, 0.15) is 11.4 Å². The van der Waals surface area contributed by atoms with E-state index >= 15 is 0 Å². The van der Waals surface area contributed by atoms with Crippen LogP contribution in [0.3, 0.4) is 0 Å². The summed E-state index contributed by atoms with van der Waals surface area (Å²) in [5.41, 5.74) is 0.991. The quantitative estimate of drug-likeness (QED) is 0.855. The van der Waals surface area contributed by atoms with E-state index in [1.165, 1.54) is 0 Å². The van der Waals surface area contributed by atoms with Gasteiger partial charge in [0.15, 0.2) is 0 Å². The predicted molar refractivity (Wildman–Crippen MR) is 63.9 cm³/mol. The maximum atomic E-state index is 11.5. The number of rotatable bonds is 5. The van der Waals surface area contributed by atoms with Gasteiger partial charge in [-0.15, -0.1) is 0 Å². The standard InChI is InChI=1S/C12H19N3O3/c1-3-4-12(11(16)17)5-6-15(8-12)7-10-9(2)13-18-14-10/h3-8H2,1-2H3,(H,16,17). The molecule has 2 rings (SSSR count). The number of nitrogens with zero attached hydrogens (tertiary/aromatic N) is 3. The first-order valence-electron chi connectivity index (χ1n) is 6.31. The Morgan fingerprint density at radius 3 is 2.89 bits per heavy atom. The molecule has 0 spiro atoms. The molecule has 2 heterocycles. The van der Waals surface area contributed by atoms with Crippen LogP contribution in [0.25, 0.3) is 0 Å². The Kier molecular flexibility index (Phi) is 3.65. The minimum Gasteiger partial charge on any atom is -0.481 e. The van der Waals surface area contributed by atoms with Crippen LogP contribution < -0.4 is 0 Å². The third-order valence-corrected chi connectivity index (χ3v) is 3.73. The lowest BCUT2D eigenvalue weighted by atomic mass is 9.83. The Bertz CT molecular complexity index is 432. The molecule has 0 saturated carbocycles. The van der Waals surface area contributed by atoms with Crippen molar-refractivity contribution in [2.75, 3.05) is 13.1 Å². The van der Waals surface area contributed by atoms with Gasteiger partial charge in [0.2, 0.25) is 0 Å². The van der Waals surface area contributed by atoms with Crippen molar-refractivity contribution in [2.24, 2.45) is 5.41 Å². The SMILES string of the molecule is CCCC1(C(=O)O)CCN(Cc2nonc2C)C1. The molecule has 1 aromatic rings. The summed E-state index contributed by atoms with van der Waals surface area (Å²) >= 11 is 0. The highest BCUT2D eigenvalue weighted by Gasteiger charge is 2.44. The topological polar surface area (TPSA) is 79.5 Å². The number of carbonyl (C=O) groups is 1. The van der Waals surface area contributed by atoms with E-state index in [2.05, 4.69) is 19.8 Å². The van der Waals surface area contributed by atoms with E-state index in [0.717, 1.165) is 30.8 Å². The Labute approximate surface area is 106 Å². The molecule has 18 heavy (non-hydrogen) atoms. The molecule has 1 aliphatic heterocycles. The minimum absolute atomic E-state index is 0.584. The van der Waals surface area contributed by atoms with Crippen LogP contribution in [-0.2, 0) is 11.3 Å². The Morgan fingerprint density at radius 2 is 2.33 bits per heavy atom. The average molecular weight is 253 g/mol. The normalized spacial score (nSPS) is 24.6. The van der Waals surface area contributed by atoms with E-state index in [1.54, 1.807) is 0 Å². The molecule has 6 heteroatoms. The van der Waals surface area contributed by atoms with Gasteiger partial charge >= 0.3 is 5.97 Å². The van der Waals surface area contributed by atoms with Gasteiger partial charge in [0.25, 0.3) is 0 Å². The van der Waals surface area contributed by atoms with E-state index in [-0.39, 0.29) is 0 Å². The number of carboxylic acids is 1. The van der Waals surface area contributed by atoms with Gasteiger partial charge in [-0.25, -0.2) is 4.63 Å². The molecule has 0 radical (unpaired) electrons. The fraction of sp³-hybridized carbons (Fsp3) is 0.750. The average Bonchev–Trinajstić information content (AvgIpc) is 2.89. The van der Waals surface area contributed by atoms with Gasteiger partial charge in [-0.05, 0) is 26.3 Å². The Balaban J connectivity index is 2.03. The third kappa shape index (κ3) is 2.38. The van der Waals surface area contributed by atoms with Crippen molar-refractivity contribution < 1.29 is 14.5 Å². The minimum atomic E-state index is -0.679. The molecule has 1 fully saturated rings. The fourth-order valence-corrected chi connectivity index (χ4v) is 2.66. The van der Waals surface area contributed by atoms with Crippen LogP contribution in [0, 0.1) is 12.3 Å². The van der Waals surface area contributed by atoms with Crippen molar-refractivity contribution in [1.82, 2.24) is 15.2 Å². The molecule has 1 N–H and O–H groups in total. The lowest BCUT2D eigenvalue weighted by molar-refractivity contribution is -0.148. The zero-order valence-corrected chi connectivity index (χ0v) is 10.8. The number of hydrogen-bond donors (Lipinski definition) is 1. The summed E-state index contributed by atoms with van der Waals surface area (Å²) in [5, 5.41) is 17.0. The van der Waals surface area contributed by atoms with E-state index in [1.807, 2.05) is 13.8 Å². The molecule has 1 atom stereocenters. The van der Waals surface area contributed by atoms with Gasteiger partial charge in [0.05, 0.1) is 5.41 Å². The molecule has 100 valence electrons. The second kappa shape index (κ2) is 5.06. The molecule has 1 unspecified atom stereocenters. The summed E-state index contributed by atoms with van der Waals surface area (Å²) in [5.74, 6) is -0.679. The largest absolute Gasteiger partial charge is 0.481 e. The van der Waals surface area contributed by atoms with Crippen molar-refractivity contribution in [1.29, 1.82) is 0 Å². The summed E-state index contributed by atoms with van der Waals surface area (Å²) < 4.78 is 4.66. The highest BCUT2D eigenvalue weighted by molar-refractivity contribution is 5.75. The summed E-state index contributed by atoms with van der Waals surface area (Å²) in [6.45, 7) is 5.87. The molecular weight excluding hydrogens is 234 g/mol. The molecule has 0 aliphatic carbocycles. The molecule has 0 amide bonds. The lowest BCUT2D eigenvalue weighted by Crippen LogP contribution is -2.34. The number of carboxylic acid groups (broad SMARTS) is 1. The van der Waals surface area contributed by atoms with Crippen LogP contribution in [0.4, 0.5) is 0 Å². The number of likely N-dealkylation sites (tertiary alicyclic amines) is 1. The predicted octanol–water partition coefficient (Wildman–Crippen LogP) is 1.45. The highest BCUT2D eigenvalue weighted by atomic mass is 16.6. The third-order valence-electron chi connectivity index (χ3n) is 3.73. The molecule has 6 nitrogen and oxygen atoms in total. The van der Waals surface area contributed by atoms with Gasteiger partial charge in [0, 0.05) is 13.1 Å². The molecule has 1 aliphatic rings. The number of aromatic nitrogens is 2. The zero-order chi connectivity index (χ0) is 13.2. The maximum absolute atomic E-state index is 11.5. The van der Waals surface area contributed by atoms with Crippen LogP contribution in [0.5, 0.6) is 0 Å². The van der Waals surface area contributed by atoms with Crippen LogP contribution in [0.2, 0.25) is 0 Å². The van der Waals surface area contributed by atoms with Crippen molar-refractivity contribution in [3.05, 3.63) is 11.4 Å². The zero-order valence-electron chi connectivity index (χ0n) is 10.8. The number of aliphatic carboxylic acids is 1. The maximum Gasteiger partial charge on any atom is 0.310 e. The van der Waals surface area contributed by atoms with Gasteiger partial charge in [-0.1, -0.05) is 23.7 Å². The van der Waals surface area contributed by atoms with Gasteiger partial charge < -0.3 is 5.11 Å². The van der Waals surface area contributed by atoms with E-state index in [9.17, 15) is 9.90 Å². The van der Waals surface area contributed by atoms with Crippen LogP contribution >= 0.6 is 0 Å². The summed E-state index contributed by atoms with van der Waals surface area (Å²) in [6, 6.07) is 0. The van der Waals surface area contributed by atoms with Crippen LogP contribution in [0.15, 0.2) is 4.63 Å². The van der Waals surface area contributed by atoms with Crippen LogP contribution in [0.1, 0.15) is 37.6 Å². The van der Waals surface area contributed by atoms with Crippen molar-refractivity contribution >= 4 is 5.97 Å².